The highest BCUT2D eigenvalue weighted by Gasteiger charge is 2.29. The third-order valence-corrected chi connectivity index (χ3v) is 7.45. The molecular weight excluding hydrogens is 354 g/mol. The van der Waals surface area contributed by atoms with Gasteiger partial charge in [-0.3, -0.25) is 9.59 Å². The molecule has 0 N–H and O–H groups in total. The van der Waals surface area contributed by atoms with Crippen LogP contribution in [0.25, 0.3) is 0 Å². The summed E-state index contributed by atoms with van der Waals surface area (Å²) < 4.78 is 23.0. The molecule has 0 aromatic rings. The lowest BCUT2D eigenvalue weighted by Gasteiger charge is -2.35. The van der Waals surface area contributed by atoms with Crippen molar-refractivity contribution in [1.29, 1.82) is 0 Å². The van der Waals surface area contributed by atoms with E-state index in [-0.39, 0.29) is 29.2 Å². The zero-order valence-corrected chi connectivity index (χ0v) is 17.0. The molecule has 0 saturated carbocycles. The Labute approximate surface area is 157 Å². The van der Waals surface area contributed by atoms with Crippen molar-refractivity contribution in [2.24, 2.45) is 5.92 Å². The van der Waals surface area contributed by atoms with Crippen molar-refractivity contribution in [3.05, 3.63) is 0 Å². The van der Waals surface area contributed by atoms with E-state index in [0.29, 0.717) is 51.9 Å². The Hall–Kier alpha value is -1.15. The minimum absolute atomic E-state index is 0.0875. The van der Waals surface area contributed by atoms with E-state index in [0.717, 1.165) is 19.6 Å². The topological polar surface area (TPSA) is 78.0 Å². The lowest BCUT2D eigenvalue weighted by Crippen LogP contribution is -2.51. The fraction of sp³-hybridized carbons (Fsp3) is 0.889. The predicted octanol–water partition coefficient (Wildman–Crippen LogP) is 0.604. The van der Waals surface area contributed by atoms with Crippen LogP contribution in [-0.2, 0) is 19.4 Å². The van der Waals surface area contributed by atoms with Crippen LogP contribution >= 0.6 is 0 Å². The van der Waals surface area contributed by atoms with Gasteiger partial charge in [0.25, 0.3) is 0 Å². The van der Waals surface area contributed by atoms with Crippen molar-refractivity contribution in [2.75, 3.05) is 57.3 Å². The molecule has 2 aliphatic rings. The van der Waals surface area contributed by atoms with Crippen LogP contribution in [0.5, 0.6) is 0 Å². The predicted molar refractivity (Wildman–Crippen MR) is 102 cm³/mol. The Morgan fingerprint density at radius 2 is 1.50 bits per heavy atom. The Morgan fingerprint density at radius 1 is 0.962 bits per heavy atom. The molecule has 7 nitrogen and oxygen atoms in total. The van der Waals surface area contributed by atoms with Gasteiger partial charge in [0.1, 0.15) is 0 Å². The van der Waals surface area contributed by atoms with E-state index in [9.17, 15) is 18.0 Å². The first-order chi connectivity index (χ1) is 12.3. The molecule has 0 aliphatic carbocycles. The second kappa shape index (κ2) is 9.69. The molecule has 0 aromatic carbocycles. The first-order valence-electron chi connectivity index (χ1n) is 9.83. The van der Waals surface area contributed by atoms with Crippen molar-refractivity contribution in [2.45, 2.75) is 39.5 Å². The van der Waals surface area contributed by atoms with Crippen LogP contribution in [0.3, 0.4) is 0 Å². The summed E-state index contributed by atoms with van der Waals surface area (Å²) in [5.74, 6) is 0.881. The van der Waals surface area contributed by atoms with Gasteiger partial charge in [-0.1, -0.05) is 13.8 Å². The number of piperazine rings is 1. The minimum Gasteiger partial charge on any atom is -0.339 e. The summed E-state index contributed by atoms with van der Waals surface area (Å²) in [6.07, 6.45) is 2.29. The van der Waals surface area contributed by atoms with E-state index < -0.39 is 9.84 Å². The van der Waals surface area contributed by atoms with Gasteiger partial charge < -0.3 is 14.7 Å². The summed E-state index contributed by atoms with van der Waals surface area (Å²) in [4.78, 5) is 30.6. The zero-order chi connectivity index (χ0) is 19.2. The largest absolute Gasteiger partial charge is 0.339 e. The number of hydrogen-bond donors (Lipinski definition) is 0. The Kier molecular flexibility index (Phi) is 7.88. The second-order valence-corrected chi connectivity index (χ2v) is 9.57. The first kappa shape index (κ1) is 21.2. The first-order valence-corrected chi connectivity index (χ1v) is 11.6. The molecule has 1 atom stereocenters. The van der Waals surface area contributed by atoms with Gasteiger partial charge in [-0.05, 0) is 31.8 Å². The molecule has 2 rings (SSSR count). The van der Waals surface area contributed by atoms with Crippen LogP contribution in [-0.4, -0.2) is 92.3 Å². The molecular formula is C18H33N3O4S. The maximum absolute atomic E-state index is 12.4. The zero-order valence-electron chi connectivity index (χ0n) is 16.2. The smallest absolute Gasteiger partial charge is 0.223 e. The molecule has 2 heterocycles. The third kappa shape index (κ3) is 6.23. The molecule has 0 aromatic heterocycles. The minimum atomic E-state index is -2.87. The number of hydrogen-bond acceptors (Lipinski definition) is 5. The van der Waals surface area contributed by atoms with Gasteiger partial charge >= 0.3 is 0 Å². The molecule has 2 amide bonds. The molecule has 26 heavy (non-hydrogen) atoms. The van der Waals surface area contributed by atoms with E-state index in [1.165, 1.54) is 0 Å². The van der Waals surface area contributed by atoms with Crippen molar-refractivity contribution >= 4 is 21.7 Å². The quantitative estimate of drug-likeness (QED) is 0.610. The van der Waals surface area contributed by atoms with Crippen LogP contribution in [0.1, 0.15) is 39.5 Å². The molecule has 2 aliphatic heterocycles. The SMILES string of the molecule is CCN(CC)CCC(=O)N1CCN(C(=O)CCC2CCS(=O)(=O)C2)CC1. The summed E-state index contributed by atoms with van der Waals surface area (Å²) in [6.45, 7) is 9.25. The van der Waals surface area contributed by atoms with Crippen molar-refractivity contribution in [3.63, 3.8) is 0 Å². The molecule has 0 radical (unpaired) electrons. The molecule has 0 bridgehead atoms. The Bertz CT molecular complexity index is 581. The number of carbonyl (C=O) groups is 2. The number of amides is 2. The number of rotatable bonds is 8. The number of sulfone groups is 1. The van der Waals surface area contributed by atoms with E-state index in [2.05, 4.69) is 18.7 Å². The van der Waals surface area contributed by atoms with Crippen molar-refractivity contribution in [1.82, 2.24) is 14.7 Å². The Balaban J connectivity index is 1.67. The molecule has 0 spiro atoms. The summed E-state index contributed by atoms with van der Waals surface area (Å²) in [7, 11) is -2.87. The van der Waals surface area contributed by atoms with Gasteiger partial charge in [-0.2, -0.15) is 0 Å². The van der Waals surface area contributed by atoms with Crippen LogP contribution in [0.15, 0.2) is 0 Å². The molecule has 8 heteroatoms. The van der Waals surface area contributed by atoms with E-state index in [1.807, 2.05) is 9.80 Å². The highest BCUT2D eigenvalue weighted by molar-refractivity contribution is 7.91. The average Bonchev–Trinajstić information content (AvgIpc) is 2.99. The van der Waals surface area contributed by atoms with E-state index in [1.54, 1.807) is 0 Å². The highest BCUT2D eigenvalue weighted by atomic mass is 32.2. The summed E-state index contributed by atoms with van der Waals surface area (Å²) >= 11 is 0. The van der Waals surface area contributed by atoms with Gasteiger partial charge in [0.15, 0.2) is 9.84 Å². The van der Waals surface area contributed by atoms with Crippen LogP contribution in [0.4, 0.5) is 0 Å². The lowest BCUT2D eigenvalue weighted by molar-refractivity contribution is -0.139. The monoisotopic (exact) mass is 387 g/mol. The third-order valence-electron chi connectivity index (χ3n) is 5.61. The fourth-order valence-corrected chi connectivity index (χ4v) is 5.65. The molecule has 2 saturated heterocycles. The highest BCUT2D eigenvalue weighted by Crippen LogP contribution is 2.23. The number of carbonyl (C=O) groups excluding carboxylic acids is 2. The summed E-state index contributed by atoms with van der Waals surface area (Å²) in [5.41, 5.74) is 0. The summed E-state index contributed by atoms with van der Waals surface area (Å²) in [6, 6.07) is 0. The molecule has 150 valence electrons. The molecule has 2 fully saturated rings. The Morgan fingerprint density at radius 3 is 1.96 bits per heavy atom. The lowest BCUT2D eigenvalue weighted by atomic mass is 10.0. The van der Waals surface area contributed by atoms with E-state index >= 15 is 0 Å². The maximum Gasteiger partial charge on any atom is 0.223 e. The van der Waals surface area contributed by atoms with Gasteiger partial charge in [0.05, 0.1) is 11.5 Å². The van der Waals surface area contributed by atoms with Crippen molar-refractivity contribution < 1.29 is 18.0 Å². The van der Waals surface area contributed by atoms with Gasteiger partial charge in [-0.25, -0.2) is 8.42 Å². The fourth-order valence-electron chi connectivity index (χ4n) is 3.74. The number of nitrogens with zero attached hydrogens (tertiary/aromatic N) is 3. The van der Waals surface area contributed by atoms with Gasteiger partial charge in [0.2, 0.25) is 11.8 Å². The van der Waals surface area contributed by atoms with E-state index in [4.69, 9.17) is 0 Å². The maximum atomic E-state index is 12.4. The van der Waals surface area contributed by atoms with Crippen LogP contribution in [0, 0.1) is 5.92 Å². The second-order valence-electron chi connectivity index (χ2n) is 7.35. The van der Waals surface area contributed by atoms with Crippen LogP contribution < -0.4 is 0 Å². The van der Waals surface area contributed by atoms with Gasteiger partial charge in [0, 0.05) is 45.6 Å². The average molecular weight is 388 g/mol. The van der Waals surface area contributed by atoms with Gasteiger partial charge in [-0.15, -0.1) is 0 Å². The normalized spacial score (nSPS) is 22.8. The summed E-state index contributed by atoms with van der Waals surface area (Å²) in [5, 5.41) is 0. The van der Waals surface area contributed by atoms with Crippen LogP contribution in [0.2, 0.25) is 0 Å². The molecule has 1 unspecified atom stereocenters. The standard InChI is InChI=1S/C18H33N3O4S/c1-3-19(4-2)9-7-18(23)21-12-10-20(11-13-21)17(22)6-5-16-8-14-26(24,25)15-16/h16H,3-15H2,1-2H3. The van der Waals surface area contributed by atoms with Crippen molar-refractivity contribution in [3.8, 4) is 0 Å².